The number of rotatable bonds is 1. The predicted molar refractivity (Wildman–Crippen MR) is 97.0 cm³/mol. The minimum atomic E-state index is -4.39. The Kier molecular flexibility index (Phi) is 3.86. The third-order valence-corrected chi connectivity index (χ3v) is 5.24. The summed E-state index contributed by atoms with van der Waals surface area (Å²) in [7, 11) is -4.39. The first kappa shape index (κ1) is 16.5. The Morgan fingerprint density at radius 1 is 0.692 bits per heavy atom. The standard InChI is InChI=1S/C12H8.C8H6O5S/c1-2-6-10-9(5-1)11-7-3-4-8-12(10)11;9-7-5-3-1-2-4-6(5)8(13-7)14(10,11)12/h1-8H;1-4,8H,(H,10,11,12). The van der Waals surface area contributed by atoms with Gasteiger partial charge in [-0.3, -0.25) is 4.55 Å². The second-order valence-electron chi connectivity index (χ2n) is 5.93. The summed E-state index contributed by atoms with van der Waals surface area (Å²) in [4.78, 5) is 11.1. The molecule has 0 amide bonds. The van der Waals surface area contributed by atoms with E-state index in [-0.39, 0.29) is 11.1 Å². The quantitative estimate of drug-likeness (QED) is 0.406. The molecule has 0 radical (unpaired) electrons. The molecule has 0 bridgehead atoms. The summed E-state index contributed by atoms with van der Waals surface area (Å²) in [6, 6.07) is 23.1. The molecule has 3 aromatic rings. The molecular weight excluding hydrogens is 352 g/mol. The molecule has 130 valence electrons. The first-order valence-electron chi connectivity index (χ1n) is 7.92. The number of carbonyl (C=O) groups excluding carboxylic acids is 1. The van der Waals surface area contributed by atoms with Crippen LogP contribution in [0, 0.1) is 0 Å². The molecule has 1 N–H and O–H groups in total. The smallest absolute Gasteiger partial charge is 0.340 e. The van der Waals surface area contributed by atoms with E-state index in [1.807, 2.05) is 0 Å². The molecule has 0 saturated heterocycles. The number of benzene rings is 3. The van der Waals surface area contributed by atoms with Crippen LogP contribution in [0.2, 0.25) is 0 Å². The number of fused-ring (bicyclic) bond motifs is 5. The number of cyclic esters (lactones) is 1. The summed E-state index contributed by atoms with van der Waals surface area (Å²) in [6.45, 7) is 0. The number of hydrogen-bond donors (Lipinski definition) is 1. The van der Waals surface area contributed by atoms with Crippen LogP contribution in [0.5, 0.6) is 0 Å². The van der Waals surface area contributed by atoms with Gasteiger partial charge in [0.05, 0.1) is 5.56 Å². The average Bonchev–Trinajstić information content (AvgIpc) is 2.98. The predicted octanol–water partition coefficient (Wildman–Crippen LogP) is 4.08. The van der Waals surface area contributed by atoms with Gasteiger partial charge in [-0.05, 0) is 28.3 Å². The summed E-state index contributed by atoms with van der Waals surface area (Å²) in [5.74, 6) is -0.733. The van der Waals surface area contributed by atoms with Crippen LogP contribution >= 0.6 is 0 Å². The molecule has 1 unspecified atom stereocenters. The van der Waals surface area contributed by atoms with Gasteiger partial charge < -0.3 is 4.74 Å². The summed E-state index contributed by atoms with van der Waals surface area (Å²) < 4.78 is 34.9. The Bertz CT molecular complexity index is 1020. The maximum atomic E-state index is 11.1. The van der Waals surface area contributed by atoms with Crippen molar-refractivity contribution in [3.05, 3.63) is 83.9 Å². The van der Waals surface area contributed by atoms with Crippen LogP contribution < -0.4 is 0 Å². The molecule has 1 atom stereocenters. The van der Waals surface area contributed by atoms with E-state index in [4.69, 9.17) is 4.55 Å². The van der Waals surface area contributed by atoms with E-state index in [1.165, 1.54) is 34.4 Å². The zero-order valence-corrected chi connectivity index (χ0v) is 14.3. The maximum absolute atomic E-state index is 11.1. The summed E-state index contributed by atoms with van der Waals surface area (Å²) in [5.41, 5.74) is 4.36. The first-order valence-corrected chi connectivity index (χ1v) is 9.42. The van der Waals surface area contributed by atoms with Crippen molar-refractivity contribution in [2.45, 2.75) is 5.44 Å². The van der Waals surface area contributed by atoms with Gasteiger partial charge in [0.2, 0.25) is 0 Å². The lowest BCUT2D eigenvalue weighted by molar-refractivity contribution is 0.0497. The Morgan fingerprint density at radius 3 is 1.50 bits per heavy atom. The molecule has 2 aliphatic rings. The van der Waals surface area contributed by atoms with Crippen molar-refractivity contribution < 1.29 is 22.5 Å². The molecule has 1 aliphatic carbocycles. The third-order valence-electron chi connectivity index (χ3n) is 4.35. The fourth-order valence-electron chi connectivity index (χ4n) is 3.18. The average molecular weight is 366 g/mol. The highest BCUT2D eigenvalue weighted by Crippen LogP contribution is 2.46. The van der Waals surface area contributed by atoms with Crippen molar-refractivity contribution in [1.29, 1.82) is 0 Å². The molecule has 5 rings (SSSR count). The van der Waals surface area contributed by atoms with Crippen LogP contribution in [-0.2, 0) is 14.9 Å². The van der Waals surface area contributed by atoms with Crippen LogP contribution in [0.15, 0.2) is 72.8 Å². The lowest BCUT2D eigenvalue weighted by Gasteiger charge is -2.22. The zero-order chi connectivity index (χ0) is 18.3. The van der Waals surface area contributed by atoms with Gasteiger partial charge in [-0.15, -0.1) is 0 Å². The number of carbonyl (C=O) groups is 1. The van der Waals surface area contributed by atoms with E-state index >= 15 is 0 Å². The highest BCUT2D eigenvalue weighted by Gasteiger charge is 2.38. The Hall–Kier alpha value is -2.96. The molecule has 3 aromatic carbocycles. The van der Waals surface area contributed by atoms with Gasteiger partial charge in [-0.25, -0.2) is 4.79 Å². The molecule has 5 nitrogen and oxygen atoms in total. The van der Waals surface area contributed by atoms with Crippen LogP contribution in [0.4, 0.5) is 0 Å². The monoisotopic (exact) mass is 366 g/mol. The Morgan fingerprint density at radius 2 is 1.08 bits per heavy atom. The lowest BCUT2D eigenvalue weighted by atomic mass is 9.81. The van der Waals surface area contributed by atoms with E-state index in [1.54, 1.807) is 12.1 Å². The van der Waals surface area contributed by atoms with Gasteiger partial charge in [0.1, 0.15) is 0 Å². The van der Waals surface area contributed by atoms with E-state index in [0.717, 1.165) is 0 Å². The molecular formula is C20H14O5S. The minimum absolute atomic E-state index is 0.176. The highest BCUT2D eigenvalue weighted by molar-refractivity contribution is 7.85. The fourth-order valence-corrected chi connectivity index (χ4v) is 3.91. The molecule has 0 spiro atoms. The summed E-state index contributed by atoms with van der Waals surface area (Å²) in [6.07, 6.45) is 0. The van der Waals surface area contributed by atoms with Gasteiger partial charge in [0.15, 0.2) is 0 Å². The number of hydrogen-bond acceptors (Lipinski definition) is 4. The fraction of sp³-hybridized carbons (Fsp3) is 0.0500. The van der Waals surface area contributed by atoms with Gasteiger partial charge in [-0.2, -0.15) is 8.42 Å². The Labute approximate surface area is 150 Å². The SMILES string of the molecule is O=C1OC(S(=O)(=O)O)c2ccccc21.c1ccc2c(c1)-c1ccccc1-2. The molecule has 0 fully saturated rings. The largest absolute Gasteiger partial charge is 0.435 e. The van der Waals surface area contributed by atoms with Gasteiger partial charge in [0.25, 0.3) is 5.44 Å². The van der Waals surface area contributed by atoms with Crippen molar-refractivity contribution in [2.75, 3.05) is 0 Å². The normalized spacial score (nSPS) is 16.2. The third kappa shape index (κ3) is 2.69. The number of ether oxygens (including phenoxy) is 1. The molecule has 26 heavy (non-hydrogen) atoms. The van der Waals surface area contributed by atoms with Crippen molar-refractivity contribution in [1.82, 2.24) is 0 Å². The van der Waals surface area contributed by atoms with Crippen LogP contribution in [0.3, 0.4) is 0 Å². The highest BCUT2D eigenvalue weighted by atomic mass is 32.2. The van der Waals surface area contributed by atoms with Crippen molar-refractivity contribution >= 4 is 16.1 Å². The van der Waals surface area contributed by atoms with Crippen LogP contribution in [0.1, 0.15) is 21.4 Å². The lowest BCUT2D eigenvalue weighted by Crippen LogP contribution is -2.11. The van der Waals surface area contributed by atoms with E-state index in [9.17, 15) is 13.2 Å². The molecule has 1 aliphatic heterocycles. The Balaban J connectivity index is 0.000000130. The van der Waals surface area contributed by atoms with Crippen molar-refractivity contribution in [3.63, 3.8) is 0 Å². The summed E-state index contributed by atoms with van der Waals surface area (Å²) in [5, 5.41) is 0. The van der Waals surface area contributed by atoms with Gasteiger partial charge in [0, 0.05) is 5.56 Å². The van der Waals surface area contributed by atoms with E-state index in [0.29, 0.717) is 0 Å². The topological polar surface area (TPSA) is 80.7 Å². The van der Waals surface area contributed by atoms with E-state index < -0.39 is 21.5 Å². The molecule has 0 aromatic heterocycles. The zero-order valence-electron chi connectivity index (χ0n) is 13.5. The molecule has 1 heterocycles. The molecule has 0 saturated carbocycles. The van der Waals surface area contributed by atoms with E-state index in [2.05, 4.69) is 53.3 Å². The maximum Gasteiger partial charge on any atom is 0.340 e. The molecule has 6 heteroatoms. The minimum Gasteiger partial charge on any atom is -0.435 e. The van der Waals surface area contributed by atoms with Crippen LogP contribution in [0.25, 0.3) is 22.3 Å². The number of esters is 1. The second kappa shape index (κ2) is 6.09. The van der Waals surface area contributed by atoms with Crippen LogP contribution in [-0.4, -0.2) is 18.9 Å². The van der Waals surface area contributed by atoms with Gasteiger partial charge >= 0.3 is 16.1 Å². The van der Waals surface area contributed by atoms with Gasteiger partial charge in [-0.1, -0.05) is 66.7 Å². The first-order chi connectivity index (χ1) is 12.5. The second-order valence-corrected chi connectivity index (χ2v) is 7.39. The van der Waals surface area contributed by atoms with Crippen molar-refractivity contribution in [2.24, 2.45) is 0 Å². The van der Waals surface area contributed by atoms with Crippen molar-refractivity contribution in [3.8, 4) is 22.3 Å². The summed E-state index contributed by atoms with van der Waals surface area (Å²) >= 11 is 0.